The van der Waals surface area contributed by atoms with E-state index in [1.165, 1.54) is 44.9 Å². The van der Waals surface area contributed by atoms with Gasteiger partial charge >= 0.3 is 6.11 Å². The molecular formula is C29H31F7O. The first kappa shape index (κ1) is 26.4. The minimum Gasteiger partial charge on any atom is -0.429 e. The minimum absolute atomic E-state index is 0.129. The number of ether oxygens (including phenoxy) is 1. The zero-order valence-corrected chi connectivity index (χ0v) is 20.5. The molecule has 0 spiro atoms. The summed E-state index contributed by atoms with van der Waals surface area (Å²) < 4.78 is 103. The van der Waals surface area contributed by atoms with Gasteiger partial charge in [-0.1, -0.05) is 19.3 Å². The van der Waals surface area contributed by atoms with Crippen LogP contribution in [0.15, 0.2) is 24.3 Å². The van der Waals surface area contributed by atoms with Crippen molar-refractivity contribution in [1.29, 1.82) is 0 Å². The van der Waals surface area contributed by atoms with Crippen LogP contribution in [0.2, 0.25) is 0 Å². The summed E-state index contributed by atoms with van der Waals surface area (Å²) in [4.78, 5) is 0. The van der Waals surface area contributed by atoms with Crippen molar-refractivity contribution in [3.63, 3.8) is 0 Å². The van der Waals surface area contributed by atoms with Crippen molar-refractivity contribution in [1.82, 2.24) is 0 Å². The molecule has 2 aromatic carbocycles. The average Bonchev–Trinajstić information content (AvgIpc) is 2.81. The van der Waals surface area contributed by atoms with E-state index < -0.39 is 46.5 Å². The third-order valence-corrected chi connectivity index (χ3v) is 9.10. The van der Waals surface area contributed by atoms with Gasteiger partial charge in [0, 0.05) is 12.1 Å². The van der Waals surface area contributed by atoms with Crippen molar-refractivity contribution in [3.05, 3.63) is 64.5 Å². The summed E-state index contributed by atoms with van der Waals surface area (Å²) in [6.45, 7) is 0. The molecule has 3 saturated carbocycles. The second-order valence-corrected chi connectivity index (χ2v) is 11.2. The maximum absolute atomic E-state index is 14.8. The van der Waals surface area contributed by atoms with Crippen LogP contribution in [0.4, 0.5) is 30.7 Å². The summed E-state index contributed by atoms with van der Waals surface area (Å²) in [5.74, 6) is -6.50. The summed E-state index contributed by atoms with van der Waals surface area (Å²) >= 11 is 0. The lowest BCUT2D eigenvalue weighted by atomic mass is 9.64. The molecule has 5 rings (SSSR count). The van der Waals surface area contributed by atoms with Gasteiger partial charge in [0.05, 0.1) is 0 Å². The van der Waals surface area contributed by atoms with Gasteiger partial charge in [-0.3, -0.25) is 0 Å². The topological polar surface area (TPSA) is 9.23 Å². The number of rotatable bonds is 6. The maximum Gasteiger partial charge on any atom is 0.432 e. The molecule has 0 N–H and O–H groups in total. The number of hydrogen-bond acceptors (Lipinski definition) is 1. The van der Waals surface area contributed by atoms with Gasteiger partial charge in [-0.05, 0) is 98.7 Å². The fraction of sp³-hybridized carbons (Fsp3) is 0.586. The molecule has 37 heavy (non-hydrogen) atoms. The number of benzene rings is 2. The third kappa shape index (κ3) is 5.49. The Morgan fingerprint density at radius 2 is 1.00 bits per heavy atom. The highest BCUT2D eigenvalue weighted by molar-refractivity contribution is 5.33. The van der Waals surface area contributed by atoms with Gasteiger partial charge in [0.1, 0.15) is 22.9 Å². The summed E-state index contributed by atoms with van der Waals surface area (Å²) in [5, 5.41) is 0. The van der Waals surface area contributed by atoms with Crippen LogP contribution in [-0.2, 0) is 6.11 Å². The summed E-state index contributed by atoms with van der Waals surface area (Å²) in [6, 6.07) is 2.18. The van der Waals surface area contributed by atoms with Gasteiger partial charge in [0.25, 0.3) is 0 Å². The van der Waals surface area contributed by atoms with E-state index in [4.69, 9.17) is 0 Å². The monoisotopic (exact) mass is 528 g/mol. The number of alkyl halides is 2. The predicted octanol–water partition coefficient (Wildman–Crippen LogP) is 9.39. The fourth-order valence-electron chi connectivity index (χ4n) is 6.82. The van der Waals surface area contributed by atoms with Crippen LogP contribution in [0, 0.1) is 52.8 Å². The smallest absolute Gasteiger partial charge is 0.429 e. The lowest BCUT2D eigenvalue weighted by Crippen LogP contribution is -2.30. The van der Waals surface area contributed by atoms with E-state index in [0.717, 1.165) is 49.7 Å². The molecule has 0 unspecified atom stereocenters. The fourth-order valence-corrected chi connectivity index (χ4v) is 6.82. The molecule has 202 valence electrons. The Kier molecular flexibility index (Phi) is 7.47. The Hall–Kier alpha value is -2.25. The van der Waals surface area contributed by atoms with Gasteiger partial charge in [-0.2, -0.15) is 8.78 Å². The molecular weight excluding hydrogens is 497 g/mol. The first-order valence-corrected chi connectivity index (χ1v) is 13.3. The summed E-state index contributed by atoms with van der Waals surface area (Å²) in [7, 11) is 0. The number of hydrogen-bond donors (Lipinski definition) is 0. The second-order valence-electron chi connectivity index (χ2n) is 11.2. The van der Waals surface area contributed by atoms with Crippen molar-refractivity contribution < 1.29 is 35.5 Å². The molecule has 8 heteroatoms. The molecule has 0 radical (unpaired) electrons. The SMILES string of the molecule is Fc1cc(OC(F)(F)c2c(F)cc(C3CCC(C4CCC(C5CCC5)CC4)CC3)cc2F)cc(F)c1F. The third-order valence-electron chi connectivity index (χ3n) is 9.10. The van der Waals surface area contributed by atoms with Crippen molar-refractivity contribution in [2.75, 3.05) is 0 Å². The number of halogens is 7. The Balaban J connectivity index is 1.22. The van der Waals surface area contributed by atoms with E-state index >= 15 is 0 Å². The van der Waals surface area contributed by atoms with Crippen LogP contribution in [-0.4, -0.2) is 0 Å². The van der Waals surface area contributed by atoms with Crippen LogP contribution in [0.25, 0.3) is 0 Å². The van der Waals surface area contributed by atoms with Crippen molar-refractivity contribution in [3.8, 4) is 5.75 Å². The Morgan fingerprint density at radius 3 is 1.43 bits per heavy atom. The lowest BCUT2D eigenvalue weighted by molar-refractivity contribution is -0.189. The Bertz CT molecular complexity index is 1070. The summed E-state index contributed by atoms with van der Waals surface area (Å²) in [6.07, 6.45) is 8.08. The first-order chi connectivity index (χ1) is 17.6. The molecule has 0 amide bonds. The quantitative estimate of drug-likeness (QED) is 0.268. The molecule has 1 nitrogen and oxygen atoms in total. The van der Waals surface area contributed by atoms with Gasteiger partial charge in [-0.25, -0.2) is 22.0 Å². The molecule has 0 aliphatic heterocycles. The zero-order valence-electron chi connectivity index (χ0n) is 20.5. The molecule has 2 aromatic rings. The van der Waals surface area contributed by atoms with Gasteiger partial charge < -0.3 is 4.74 Å². The van der Waals surface area contributed by atoms with E-state index in [1.54, 1.807) is 0 Å². The highest BCUT2D eigenvalue weighted by atomic mass is 19.3. The maximum atomic E-state index is 14.8. The minimum atomic E-state index is -4.57. The van der Waals surface area contributed by atoms with Gasteiger partial charge in [0.15, 0.2) is 17.5 Å². The van der Waals surface area contributed by atoms with Crippen LogP contribution in [0.3, 0.4) is 0 Å². The highest BCUT2D eigenvalue weighted by Crippen LogP contribution is 2.48. The van der Waals surface area contributed by atoms with Gasteiger partial charge in [0.2, 0.25) is 0 Å². The van der Waals surface area contributed by atoms with E-state index in [2.05, 4.69) is 4.74 Å². The predicted molar refractivity (Wildman–Crippen MR) is 125 cm³/mol. The van der Waals surface area contributed by atoms with Crippen molar-refractivity contribution >= 4 is 0 Å². The molecule has 3 fully saturated rings. The standard InChI is InChI=1S/C29H31F7O/c30-23-12-21(13-24(31)27(23)29(35,36)37-22-14-25(32)28(34)26(33)15-22)20-10-8-19(9-11-20)18-6-4-17(5-7-18)16-2-1-3-16/h12-20H,1-11H2. The molecule has 3 aliphatic carbocycles. The molecule has 0 heterocycles. The first-order valence-electron chi connectivity index (χ1n) is 13.3. The van der Waals surface area contributed by atoms with E-state index in [1.807, 2.05) is 0 Å². The zero-order chi connectivity index (χ0) is 26.3. The van der Waals surface area contributed by atoms with Crippen LogP contribution < -0.4 is 4.74 Å². The molecule has 0 aromatic heterocycles. The normalized spacial score (nSPS) is 27.1. The van der Waals surface area contributed by atoms with E-state index in [0.29, 0.717) is 17.4 Å². The average molecular weight is 529 g/mol. The van der Waals surface area contributed by atoms with E-state index in [9.17, 15) is 30.7 Å². The largest absolute Gasteiger partial charge is 0.432 e. The Labute approximate surface area is 212 Å². The van der Waals surface area contributed by atoms with Crippen LogP contribution in [0.5, 0.6) is 5.75 Å². The Morgan fingerprint density at radius 1 is 0.568 bits per heavy atom. The molecule has 0 atom stereocenters. The van der Waals surface area contributed by atoms with Crippen molar-refractivity contribution in [2.45, 2.75) is 82.7 Å². The van der Waals surface area contributed by atoms with Gasteiger partial charge in [-0.15, -0.1) is 0 Å². The molecule has 0 saturated heterocycles. The molecule has 3 aliphatic rings. The van der Waals surface area contributed by atoms with Crippen molar-refractivity contribution in [2.24, 2.45) is 23.7 Å². The molecule has 0 bridgehead atoms. The highest BCUT2D eigenvalue weighted by Gasteiger charge is 2.42. The summed E-state index contributed by atoms with van der Waals surface area (Å²) in [5.41, 5.74) is -1.33. The second kappa shape index (κ2) is 10.5. The van der Waals surface area contributed by atoms with Crippen LogP contribution >= 0.6 is 0 Å². The lowest BCUT2D eigenvalue weighted by Gasteiger charge is -2.42. The van der Waals surface area contributed by atoms with E-state index in [-0.39, 0.29) is 18.1 Å². The van der Waals surface area contributed by atoms with Crippen LogP contribution in [0.1, 0.15) is 87.7 Å².